The highest BCUT2D eigenvalue weighted by atomic mass is 35.5. The summed E-state index contributed by atoms with van der Waals surface area (Å²) in [5.74, 6) is 0.983. The molecule has 1 amide bonds. The van der Waals surface area contributed by atoms with Gasteiger partial charge in [-0.2, -0.15) is 4.98 Å². The molecule has 216 valence electrons. The van der Waals surface area contributed by atoms with E-state index in [1.54, 1.807) is 7.11 Å². The van der Waals surface area contributed by atoms with Gasteiger partial charge in [0.25, 0.3) is 0 Å². The highest BCUT2D eigenvalue weighted by molar-refractivity contribution is 6.33. The molecular weight excluding hydrogens is 552 g/mol. The smallest absolute Gasteiger partial charge is 0.247 e. The van der Waals surface area contributed by atoms with E-state index in [1.807, 2.05) is 66.7 Å². The Kier molecular flexibility index (Phi) is 9.05. The van der Waals surface area contributed by atoms with Gasteiger partial charge in [-0.1, -0.05) is 48.5 Å². The number of rotatable bonds is 10. The molecule has 5 rings (SSSR count). The average Bonchev–Trinajstić information content (AvgIpc) is 3.01. The van der Waals surface area contributed by atoms with Crippen LogP contribution < -0.4 is 30.9 Å². The molecule has 0 spiro atoms. The summed E-state index contributed by atoms with van der Waals surface area (Å²) in [7, 11) is 3.70. The van der Waals surface area contributed by atoms with Crippen molar-refractivity contribution in [1.29, 1.82) is 0 Å². The summed E-state index contributed by atoms with van der Waals surface area (Å²) < 4.78 is 5.74. The lowest BCUT2D eigenvalue weighted by Crippen LogP contribution is -2.44. The zero-order valence-corrected chi connectivity index (χ0v) is 24.3. The molecule has 0 unspecified atom stereocenters. The number of ether oxygens (including phenoxy) is 1. The normalized spacial score (nSPS) is 13.3. The number of carbonyl (C=O) groups is 1. The summed E-state index contributed by atoms with van der Waals surface area (Å²) in [5, 5.41) is 13.3. The molecule has 0 radical (unpaired) electrons. The van der Waals surface area contributed by atoms with Crippen molar-refractivity contribution in [3.8, 4) is 5.75 Å². The number of carbonyl (C=O) groups excluding carboxylic acids is 1. The second kappa shape index (κ2) is 13.2. The van der Waals surface area contributed by atoms with E-state index in [-0.39, 0.29) is 5.91 Å². The minimum absolute atomic E-state index is 0.294. The molecule has 11 heteroatoms. The summed E-state index contributed by atoms with van der Waals surface area (Å²) in [6, 6.07) is 21.4. The molecule has 4 aromatic rings. The van der Waals surface area contributed by atoms with Crippen molar-refractivity contribution >= 4 is 63.4 Å². The molecule has 42 heavy (non-hydrogen) atoms. The Morgan fingerprint density at radius 2 is 1.62 bits per heavy atom. The van der Waals surface area contributed by atoms with Crippen molar-refractivity contribution in [1.82, 2.24) is 14.9 Å². The minimum Gasteiger partial charge on any atom is -0.494 e. The maximum atomic E-state index is 12.3. The van der Waals surface area contributed by atoms with Crippen LogP contribution in [0.15, 0.2) is 85.6 Å². The molecule has 10 nitrogen and oxygen atoms in total. The lowest BCUT2D eigenvalue weighted by molar-refractivity contribution is -0.111. The van der Waals surface area contributed by atoms with Gasteiger partial charge in [0, 0.05) is 37.9 Å². The minimum atomic E-state index is -0.307. The fraction of sp³-hybridized carbons (Fsp3) is 0.194. The monoisotopic (exact) mass is 584 g/mol. The van der Waals surface area contributed by atoms with E-state index in [9.17, 15) is 4.79 Å². The van der Waals surface area contributed by atoms with Crippen LogP contribution in [0, 0.1) is 0 Å². The third kappa shape index (κ3) is 6.91. The highest BCUT2D eigenvalue weighted by Gasteiger charge is 2.21. The van der Waals surface area contributed by atoms with Crippen LogP contribution in [0.5, 0.6) is 5.75 Å². The number of hydrogen-bond donors (Lipinski definition) is 4. The van der Waals surface area contributed by atoms with Crippen molar-refractivity contribution in [3.05, 3.63) is 90.6 Å². The number of hydrogen-bond acceptors (Lipinski definition) is 9. The molecule has 0 atom stereocenters. The van der Waals surface area contributed by atoms with Crippen LogP contribution in [-0.2, 0) is 4.79 Å². The summed E-state index contributed by atoms with van der Waals surface area (Å²) in [6.45, 7) is 7.06. The van der Waals surface area contributed by atoms with Crippen LogP contribution in [0.3, 0.4) is 0 Å². The average molecular weight is 585 g/mol. The quantitative estimate of drug-likeness (QED) is 0.161. The van der Waals surface area contributed by atoms with E-state index in [2.05, 4.69) is 54.7 Å². The maximum Gasteiger partial charge on any atom is 0.247 e. The van der Waals surface area contributed by atoms with Crippen LogP contribution in [-0.4, -0.2) is 61.1 Å². The molecule has 2 heterocycles. The standard InChI is InChI=1S/C31H33ClN8O2/c1-4-29(41)35-25-18-26(28(42-3)19-27(25)40-16-14-39(2)15-17-40)37-31-33-20-22(32)30(38-31)36-24-13-9-8-12-23(24)34-21-10-6-5-7-11-21/h4-13,18-20,34H,1,14-17H2,2-3H3,(H,35,41)(H2,33,36,37,38). The lowest BCUT2D eigenvalue weighted by Gasteiger charge is -2.35. The molecule has 3 aromatic carbocycles. The van der Waals surface area contributed by atoms with E-state index in [1.165, 1.54) is 12.3 Å². The number of halogens is 1. The van der Waals surface area contributed by atoms with E-state index < -0.39 is 0 Å². The first-order valence-electron chi connectivity index (χ1n) is 13.5. The molecule has 4 N–H and O–H groups in total. The second-order valence-electron chi connectivity index (χ2n) is 9.73. The highest BCUT2D eigenvalue weighted by Crippen LogP contribution is 2.39. The van der Waals surface area contributed by atoms with Crippen LogP contribution in [0.1, 0.15) is 0 Å². The third-order valence-electron chi connectivity index (χ3n) is 6.83. The van der Waals surface area contributed by atoms with Gasteiger partial charge in [-0.15, -0.1) is 0 Å². The second-order valence-corrected chi connectivity index (χ2v) is 10.1. The fourth-order valence-electron chi connectivity index (χ4n) is 4.57. The predicted octanol–water partition coefficient (Wildman–Crippen LogP) is 6.25. The number of nitrogens with one attached hydrogen (secondary N) is 4. The van der Waals surface area contributed by atoms with Gasteiger partial charge in [0.2, 0.25) is 11.9 Å². The van der Waals surface area contributed by atoms with Gasteiger partial charge >= 0.3 is 0 Å². The first kappa shape index (κ1) is 28.7. The van der Waals surface area contributed by atoms with Gasteiger partial charge in [-0.3, -0.25) is 4.79 Å². The van der Waals surface area contributed by atoms with Crippen molar-refractivity contribution in [2.75, 3.05) is 66.5 Å². The fourth-order valence-corrected chi connectivity index (χ4v) is 4.71. The van der Waals surface area contributed by atoms with Gasteiger partial charge in [-0.05, 0) is 43.5 Å². The van der Waals surface area contributed by atoms with E-state index >= 15 is 0 Å². The number of anilines is 8. The van der Waals surface area contributed by atoms with Crippen LogP contribution in [0.25, 0.3) is 0 Å². The first-order valence-corrected chi connectivity index (χ1v) is 13.9. The maximum absolute atomic E-state index is 12.3. The van der Waals surface area contributed by atoms with Crippen molar-refractivity contribution < 1.29 is 9.53 Å². The summed E-state index contributed by atoms with van der Waals surface area (Å²) in [6.07, 6.45) is 2.77. The summed E-state index contributed by atoms with van der Waals surface area (Å²) in [4.78, 5) is 25.9. The van der Waals surface area contributed by atoms with Gasteiger partial charge in [0.1, 0.15) is 10.8 Å². The van der Waals surface area contributed by atoms with Gasteiger partial charge in [0.05, 0.1) is 41.7 Å². The molecule has 1 aliphatic heterocycles. The molecular formula is C31H33ClN8O2. The number of benzene rings is 3. The molecule has 1 fully saturated rings. The van der Waals surface area contributed by atoms with Crippen LogP contribution in [0.2, 0.25) is 5.02 Å². The zero-order chi connectivity index (χ0) is 29.5. The first-order chi connectivity index (χ1) is 20.4. The Labute approximate surface area is 250 Å². The molecule has 0 bridgehead atoms. The Hall–Kier alpha value is -4.80. The van der Waals surface area contributed by atoms with Crippen LogP contribution >= 0.6 is 11.6 Å². The molecule has 0 aliphatic carbocycles. The van der Waals surface area contributed by atoms with Crippen molar-refractivity contribution in [2.45, 2.75) is 0 Å². The predicted molar refractivity (Wildman–Crippen MR) is 171 cm³/mol. The summed E-state index contributed by atoms with van der Waals surface area (Å²) in [5.41, 5.74) is 4.67. The Balaban J connectivity index is 1.43. The van der Waals surface area contributed by atoms with Crippen LogP contribution in [0.4, 0.5) is 45.9 Å². The topological polar surface area (TPSA) is 107 Å². The van der Waals surface area contributed by atoms with Crippen molar-refractivity contribution in [2.24, 2.45) is 0 Å². The molecule has 1 aromatic heterocycles. The van der Waals surface area contributed by atoms with E-state index in [0.29, 0.717) is 33.9 Å². The van der Waals surface area contributed by atoms with Gasteiger partial charge < -0.3 is 35.8 Å². The van der Waals surface area contributed by atoms with Gasteiger partial charge in [-0.25, -0.2) is 4.98 Å². The zero-order valence-electron chi connectivity index (χ0n) is 23.5. The SMILES string of the molecule is C=CC(=O)Nc1cc(Nc2ncc(Cl)c(Nc3ccccc3Nc3ccccc3)n2)c(OC)cc1N1CCN(C)CC1. The molecule has 1 aliphatic rings. The largest absolute Gasteiger partial charge is 0.494 e. The Bertz CT molecular complexity index is 1560. The number of amides is 1. The number of para-hydroxylation sites is 3. The van der Waals surface area contributed by atoms with Gasteiger partial charge in [0.15, 0.2) is 5.82 Å². The lowest BCUT2D eigenvalue weighted by atomic mass is 10.1. The number of nitrogens with zero attached hydrogens (tertiary/aromatic N) is 4. The van der Waals surface area contributed by atoms with Crippen molar-refractivity contribution in [3.63, 3.8) is 0 Å². The third-order valence-corrected chi connectivity index (χ3v) is 7.11. The number of aromatic nitrogens is 2. The number of likely N-dealkylation sites (N-methyl/N-ethyl adjacent to an activating group) is 1. The summed E-state index contributed by atoms with van der Waals surface area (Å²) >= 11 is 6.51. The van der Waals surface area contributed by atoms with E-state index in [0.717, 1.165) is 48.9 Å². The number of methoxy groups -OCH3 is 1. The molecule has 1 saturated heterocycles. The molecule has 0 saturated carbocycles. The Morgan fingerprint density at radius 3 is 2.31 bits per heavy atom. The van der Waals surface area contributed by atoms with E-state index in [4.69, 9.17) is 16.3 Å². The number of piperazine rings is 1. The Morgan fingerprint density at radius 1 is 0.929 bits per heavy atom.